The Morgan fingerprint density at radius 2 is 1.79 bits per heavy atom. The molecular weight excluding hydrogens is 293 g/mol. The molecule has 0 fully saturated rings. The topological polar surface area (TPSA) is 72.6 Å². The number of nitrogens with zero attached hydrogens (tertiary/aromatic N) is 1. The largest absolute Gasteiger partial charge is 0.487 e. The second-order valence-corrected chi connectivity index (χ2v) is 4.79. The molecule has 19 heavy (non-hydrogen) atoms. The van der Waals surface area contributed by atoms with Crippen LogP contribution < -0.4 is 4.74 Å². The summed E-state index contributed by atoms with van der Waals surface area (Å²) in [5.74, 6) is 0.126. The van der Waals surface area contributed by atoms with Gasteiger partial charge in [-0.25, -0.2) is 0 Å². The highest BCUT2D eigenvalue weighted by molar-refractivity contribution is 6.42. The minimum absolute atomic E-state index is 0.126. The normalized spacial score (nSPS) is 10.5. The number of rotatable bonds is 8. The number of hydrogen-bond donors (Lipinski definition) is 1. The van der Waals surface area contributed by atoms with Gasteiger partial charge in [0.15, 0.2) is 5.75 Å². The van der Waals surface area contributed by atoms with E-state index in [1.54, 1.807) is 0 Å². The van der Waals surface area contributed by atoms with Crippen LogP contribution in [0.5, 0.6) is 5.75 Å². The Labute approximate surface area is 121 Å². The van der Waals surface area contributed by atoms with Crippen molar-refractivity contribution >= 4 is 28.9 Å². The van der Waals surface area contributed by atoms with Crippen molar-refractivity contribution in [3.8, 4) is 5.75 Å². The SMILES string of the molecule is O=[N+]([O-])c1cc(Cl)c(Cl)cc1OCCCCCCO. The lowest BCUT2D eigenvalue weighted by atomic mass is 10.2. The van der Waals surface area contributed by atoms with Gasteiger partial charge < -0.3 is 9.84 Å². The maximum absolute atomic E-state index is 10.9. The molecule has 0 saturated carbocycles. The molecule has 1 rings (SSSR count). The lowest BCUT2D eigenvalue weighted by molar-refractivity contribution is -0.385. The Hall–Kier alpha value is -1.04. The summed E-state index contributed by atoms with van der Waals surface area (Å²) in [5.41, 5.74) is -0.190. The molecule has 1 aromatic rings. The molecule has 0 bridgehead atoms. The summed E-state index contributed by atoms with van der Waals surface area (Å²) in [7, 11) is 0. The van der Waals surface area contributed by atoms with Crippen molar-refractivity contribution in [3.63, 3.8) is 0 Å². The van der Waals surface area contributed by atoms with Crippen LogP contribution in [0.15, 0.2) is 12.1 Å². The summed E-state index contributed by atoms with van der Waals surface area (Å²) in [6, 6.07) is 2.54. The Morgan fingerprint density at radius 1 is 1.16 bits per heavy atom. The molecule has 0 saturated heterocycles. The molecule has 0 unspecified atom stereocenters. The molecular formula is C12H15Cl2NO4. The van der Waals surface area contributed by atoms with Gasteiger partial charge in [0.25, 0.3) is 0 Å². The van der Waals surface area contributed by atoms with E-state index in [4.69, 9.17) is 33.0 Å². The van der Waals surface area contributed by atoms with E-state index < -0.39 is 4.92 Å². The fourth-order valence-electron chi connectivity index (χ4n) is 1.53. The first kappa shape index (κ1) is 16.0. The van der Waals surface area contributed by atoms with E-state index in [9.17, 15) is 10.1 Å². The van der Waals surface area contributed by atoms with Crippen molar-refractivity contribution < 1.29 is 14.8 Å². The van der Waals surface area contributed by atoms with Gasteiger partial charge in [-0.05, 0) is 19.3 Å². The summed E-state index contributed by atoms with van der Waals surface area (Å²) in [4.78, 5) is 10.3. The van der Waals surface area contributed by atoms with Crippen LogP contribution >= 0.6 is 23.2 Å². The lowest BCUT2D eigenvalue weighted by Crippen LogP contribution is -2.01. The zero-order chi connectivity index (χ0) is 14.3. The third-order valence-corrected chi connectivity index (χ3v) is 3.23. The van der Waals surface area contributed by atoms with Gasteiger partial charge in [0.1, 0.15) is 0 Å². The number of aliphatic hydroxyl groups is 1. The van der Waals surface area contributed by atoms with Crippen molar-refractivity contribution in [3.05, 3.63) is 32.3 Å². The van der Waals surface area contributed by atoms with E-state index >= 15 is 0 Å². The molecule has 0 amide bonds. The van der Waals surface area contributed by atoms with Gasteiger partial charge in [0, 0.05) is 18.7 Å². The van der Waals surface area contributed by atoms with Crippen LogP contribution in [0.1, 0.15) is 25.7 Å². The summed E-state index contributed by atoms with van der Waals surface area (Å²) in [6.07, 6.45) is 3.32. The van der Waals surface area contributed by atoms with Crippen molar-refractivity contribution in [2.24, 2.45) is 0 Å². The van der Waals surface area contributed by atoms with E-state index in [1.807, 2.05) is 0 Å². The maximum Gasteiger partial charge on any atom is 0.312 e. The molecule has 0 atom stereocenters. The summed E-state index contributed by atoms with van der Waals surface area (Å²) in [6.45, 7) is 0.545. The fraction of sp³-hybridized carbons (Fsp3) is 0.500. The average molecular weight is 308 g/mol. The van der Waals surface area contributed by atoms with E-state index in [0.29, 0.717) is 6.61 Å². The van der Waals surface area contributed by atoms with Gasteiger partial charge >= 0.3 is 5.69 Å². The molecule has 0 aliphatic carbocycles. The Bertz CT molecular complexity index is 440. The van der Waals surface area contributed by atoms with Crippen LogP contribution in [0.3, 0.4) is 0 Å². The molecule has 0 aliphatic heterocycles. The monoisotopic (exact) mass is 307 g/mol. The third kappa shape index (κ3) is 5.22. The van der Waals surface area contributed by atoms with Crippen LogP contribution in [0.4, 0.5) is 5.69 Å². The highest BCUT2D eigenvalue weighted by Crippen LogP contribution is 2.35. The fourth-order valence-corrected chi connectivity index (χ4v) is 1.84. The lowest BCUT2D eigenvalue weighted by Gasteiger charge is -2.07. The van der Waals surface area contributed by atoms with Crippen molar-refractivity contribution in [1.82, 2.24) is 0 Å². The molecule has 0 spiro atoms. The molecule has 1 aromatic carbocycles. The number of nitro groups is 1. The Morgan fingerprint density at radius 3 is 2.42 bits per heavy atom. The predicted molar refractivity (Wildman–Crippen MR) is 74.2 cm³/mol. The minimum Gasteiger partial charge on any atom is -0.487 e. The molecule has 1 N–H and O–H groups in total. The number of nitro benzene ring substituents is 1. The number of aliphatic hydroxyl groups excluding tert-OH is 1. The summed E-state index contributed by atoms with van der Waals surface area (Å²) < 4.78 is 5.37. The number of halogens is 2. The molecule has 0 heterocycles. The average Bonchev–Trinajstić information content (AvgIpc) is 2.37. The second kappa shape index (κ2) is 8.19. The van der Waals surface area contributed by atoms with Crippen molar-refractivity contribution in [2.75, 3.05) is 13.2 Å². The minimum atomic E-state index is -0.552. The first-order valence-corrected chi connectivity index (χ1v) is 6.69. The third-order valence-electron chi connectivity index (χ3n) is 2.51. The van der Waals surface area contributed by atoms with Crippen LogP contribution in [0.25, 0.3) is 0 Å². The first-order valence-electron chi connectivity index (χ1n) is 5.93. The van der Waals surface area contributed by atoms with Gasteiger partial charge in [-0.3, -0.25) is 10.1 Å². The van der Waals surface area contributed by atoms with Crippen LogP contribution in [0, 0.1) is 10.1 Å². The molecule has 106 valence electrons. The summed E-state index contributed by atoms with van der Waals surface area (Å²) in [5, 5.41) is 19.8. The highest BCUT2D eigenvalue weighted by Gasteiger charge is 2.18. The first-order chi connectivity index (χ1) is 9.06. The van der Waals surface area contributed by atoms with Gasteiger partial charge in [-0.15, -0.1) is 0 Å². The van der Waals surface area contributed by atoms with E-state index in [0.717, 1.165) is 25.7 Å². The smallest absolute Gasteiger partial charge is 0.312 e. The van der Waals surface area contributed by atoms with Crippen LogP contribution in [-0.2, 0) is 0 Å². The standard InChI is InChI=1S/C12H15Cl2NO4/c13-9-7-11(15(17)18)12(8-10(9)14)19-6-4-2-1-3-5-16/h7-8,16H,1-6H2. The molecule has 5 nitrogen and oxygen atoms in total. The van der Waals surface area contributed by atoms with Gasteiger partial charge in [-0.2, -0.15) is 0 Å². The number of benzene rings is 1. The number of ether oxygens (including phenoxy) is 1. The van der Waals surface area contributed by atoms with Crippen molar-refractivity contribution in [1.29, 1.82) is 0 Å². The predicted octanol–water partition coefficient (Wildman–Crippen LogP) is 3.83. The molecule has 7 heteroatoms. The van der Waals surface area contributed by atoms with Crippen molar-refractivity contribution in [2.45, 2.75) is 25.7 Å². The zero-order valence-corrected chi connectivity index (χ0v) is 11.8. The molecule has 0 radical (unpaired) electrons. The Kier molecular flexibility index (Phi) is 6.91. The maximum atomic E-state index is 10.9. The van der Waals surface area contributed by atoms with Gasteiger partial charge in [-0.1, -0.05) is 29.6 Å². The number of unbranched alkanes of at least 4 members (excludes halogenated alkanes) is 3. The van der Waals surface area contributed by atoms with Crippen LogP contribution in [0.2, 0.25) is 10.0 Å². The quantitative estimate of drug-likeness (QED) is 0.450. The highest BCUT2D eigenvalue weighted by atomic mass is 35.5. The summed E-state index contributed by atoms with van der Waals surface area (Å²) >= 11 is 11.5. The van der Waals surface area contributed by atoms with Crippen LogP contribution in [-0.4, -0.2) is 23.2 Å². The van der Waals surface area contributed by atoms with E-state index in [1.165, 1.54) is 12.1 Å². The zero-order valence-electron chi connectivity index (χ0n) is 10.3. The van der Waals surface area contributed by atoms with Gasteiger partial charge in [0.2, 0.25) is 0 Å². The van der Waals surface area contributed by atoms with E-state index in [2.05, 4.69) is 0 Å². The van der Waals surface area contributed by atoms with E-state index in [-0.39, 0.29) is 28.1 Å². The number of hydrogen-bond acceptors (Lipinski definition) is 4. The molecule has 0 aliphatic rings. The van der Waals surface area contributed by atoms with Gasteiger partial charge in [0.05, 0.1) is 21.6 Å². The molecule has 0 aromatic heterocycles. The second-order valence-electron chi connectivity index (χ2n) is 3.98. The Balaban J connectivity index is 2.57.